The van der Waals surface area contributed by atoms with Gasteiger partial charge < -0.3 is 24.0 Å². The number of hydrogen-bond acceptors (Lipinski definition) is 9. The molecule has 0 fully saturated rings. The van der Waals surface area contributed by atoms with Gasteiger partial charge in [-0.3, -0.25) is 9.59 Å². The third kappa shape index (κ3) is 6.12. The van der Waals surface area contributed by atoms with Crippen molar-refractivity contribution in [1.29, 1.82) is 0 Å². The number of Topliss-reactive ketones (excluding diaryl/α,β-unsaturated/α-hetero) is 1. The van der Waals surface area contributed by atoms with Crippen molar-refractivity contribution in [3.05, 3.63) is 22.8 Å². The van der Waals surface area contributed by atoms with E-state index in [2.05, 4.69) is 39.2 Å². The molecule has 0 aromatic heterocycles. The third-order valence-electron chi connectivity index (χ3n) is 6.11. The first-order valence-electron chi connectivity index (χ1n) is 10.8. The Bertz CT molecular complexity index is 986. The van der Waals surface area contributed by atoms with Crippen LogP contribution in [0.25, 0.3) is 0 Å². The molecule has 1 N–H and O–H groups in total. The molecule has 1 aromatic carbocycles. The molecule has 1 heterocycles. The van der Waals surface area contributed by atoms with Gasteiger partial charge in [-0.05, 0) is 25.1 Å². The van der Waals surface area contributed by atoms with Gasteiger partial charge in [0.1, 0.15) is 17.5 Å². The second kappa shape index (κ2) is 10.8. The van der Waals surface area contributed by atoms with Crippen LogP contribution in [-0.4, -0.2) is 64.6 Å². The lowest BCUT2D eigenvalue weighted by Gasteiger charge is -2.37. The van der Waals surface area contributed by atoms with Crippen LogP contribution in [0, 0.1) is 6.92 Å². The van der Waals surface area contributed by atoms with Crippen LogP contribution in [0.5, 0.6) is 11.5 Å². The van der Waals surface area contributed by atoms with Crippen LogP contribution in [0.2, 0.25) is 18.1 Å². The molecule has 0 spiro atoms. The lowest BCUT2D eigenvalue weighted by Crippen LogP contribution is -2.47. The Kier molecular flexibility index (Phi) is 8.81. The number of benzene rings is 1. The van der Waals surface area contributed by atoms with Gasteiger partial charge >= 0.3 is 11.9 Å². The van der Waals surface area contributed by atoms with Gasteiger partial charge in [0.2, 0.25) is 8.32 Å². The number of carbonyl (C=O) groups excluding carboxylic acids is 4. The lowest BCUT2D eigenvalue weighted by molar-refractivity contribution is -0.146. The number of esters is 2. The molecule has 0 aliphatic carbocycles. The van der Waals surface area contributed by atoms with Crippen LogP contribution >= 0.6 is 11.8 Å². The molecule has 0 saturated heterocycles. The molecule has 0 radical (unpaired) electrons. The summed E-state index contributed by atoms with van der Waals surface area (Å²) in [7, 11) is 0.389. The number of thioether (sulfide) groups is 1. The largest absolute Gasteiger partial charge is 0.543 e. The highest BCUT2D eigenvalue weighted by molar-refractivity contribution is 7.98. The van der Waals surface area contributed by atoms with Crippen molar-refractivity contribution in [2.45, 2.75) is 57.6 Å². The Hall–Kier alpha value is -2.53. The van der Waals surface area contributed by atoms with Gasteiger partial charge in [-0.15, -0.1) is 0 Å². The van der Waals surface area contributed by atoms with E-state index in [0.29, 0.717) is 22.6 Å². The fraction of sp³-hybridized carbons (Fsp3) is 0.565. The van der Waals surface area contributed by atoms with Crippen molar-refractivity contribution < 1.29 is 37.8 Å². The maximum absolute atomic E-state index is 13.1. The van der Waals surface area contributed by atoms with E-state index in [-0.39, 0.29) is 22.1 Å². The molecule has 1 aliphatic heterocycles. The highest BCUT2D eigenvalue weighted by Crippen LogP contribution is 2.42. The average molecular weight is 512 g/mol. The van der Waals surface area contributed by atoms with Crippen molar-refractivity contribution in [3.63, 3.8) is 0 Å². The molecule has 9 nitrogen and oxygen atoms in total. The number of fused-ring (bicyclic) bond motifs is 1. The summed E-state index contributed by atoms with van der Waals surface area (Å²) >= 11 is 1.30. The zero-order valence-corrected chi connectivity index (χ0v) is 22.8. The van der Waals surface area contributed by atoms with E-state index in [4.69, 9.17) is 18.6 Å². The standard InChI is InChI=1S/C23H33NO8SSi/c1-13-17(29-5)9-18(32-34(7,8)23(2,3)4)14-11-33-12-15(21(27)30-6)24-20(26)16(25)10-31-22(28)19(13)14/h9,15H,10-12H2,1-8H3,(H,24,26)/t15-/m0/s1. The molecule has 34 heavy (non-hydrogen) atoms. The number of rotatable bonds is 4. The summed E-state index contributed by atoms with van der Waals surface area (Å²) < 4.78 is 22.0. The minimum Gasteiger partial charge on any atom is -0.543 e. The molecule has 11 heteroatoms. The highest BCUT2D eigenvalue weighted by atomic mass is 32.2. The van der Waals surface area contributed by atoms with Crippen LogP contribution in [0.4, 0.5) is 0 Å². The lowest BCUT2D eigenvalue weighted by atomic mass is 10.0. The van der Waals surface area contributed by atoms with Crippen molar-refractivity contribution in [3.8, 4) is 11.5 Å². The number of carbonyl (C=O) groups is 4. The van der Waals surface area contributed by atoms with E-state index in [1.807, 2.05) is 0 Å². The van der Waals surface area contributed by atoms with Crippen LogP contribution in [0.15, 0.2) is 6.07 Å². The summed E-state index contributed by atoms with van der Waals surface area (Å²) in [5, 5.41) is 2.25. The van der Waals surface area contributed by atoms with E-state index in [1.54, 1.807) is 13.0 Å². The Balaban J connectivity index is 2.63. The van der Waals surface area contributed by atoms with Crippen molar-refractivity contribution >= 4 is 43.7 Å². The first-order valence-corrected chi connectivity index (χ1v) is 14.9. The maximum atomic E-state index is 13.1. The predicted octanol–water partition coefficient (Wildman–Crippen LogP) is 3.02. The minimum atomic E-state index is -2.31. The number of ether oxygens (including phenoxy) is 3. The number of amides is 1. The fourth-order valence-electron chi connectivity index (χ4n) is 3.04. The number of nitrogens with one attached hydrogen (secondary N) is 1. The molecule has 1 aliphatic rings. The zero-order chi connectivity index (χ0) is 25.8. The van der Waals surface area contributed by atoms with E-state index in [9.17, 15) is 19.2 Å². The summed E-state index contributed by atoms with van der Waals surface area (Å²) in [5.74, 6) is -2.07. The molecule has 0 unspecified atom stereocenters. The van der Waals surface area contributed by atoms with Crippen molar-refractivity contribution in [2.75, 3.05) is 26.6 Å². The molecule has 188 valence electrons. The fourth-order valence-corrected chi connectivity index (χ4v) is 5.14. The molecule has 1 amide bonds. The van der Waals surface area contributed by atoms with Crippen LogP contribution in [0.1, 0.15) is 42.3 Å². The van der Waals surface area contributed by atoms with Gasteiger partial charge in [0, 0.05) is 28.7 Å². The Morgan fingerprint density at radius 1 is 1.18 bits per heavy atom. The van der Waals surface area contributed by atoms with E-state index < -0.39 is 44.6 Å². The topological polar surface area (TPSA) is 117 Å². The third-order valence-corrected chi connectivity index (χ3v) is 11.5. The Morgan fingerprint density at radius 3 is 2.38 bits per heavy atom. The second-order valence-electron chi connectivity index (χ2n) is 9.48. The molecule has 0 bridgehead atoms. The second-order valence-corrected chi connectivity index (χ2v) is 15.2. The van der Waals surface area contributed by atoms with Crippen molar-refractivity contribution in [2.24, 2.45) is 0 Å². The summed E-state index contributed by atoms with van der Waals surface area (Å²) in [5.41, 5.74) is 1.34. The normalized spacial score (nSPS) is 18.0. The first kappa shape index (κ1) is 27.7. The molecule has 2 rings (SSSR count). The molecule has 1 atom stereocenters. The molecule has 1 aromatic rings. The SMILES string of the molecule is COC(=O)[C@@H]1CSCc2c(O[Si](C)(C)C(C)(C)C)cc(OC)c(C)c2C(=O)OCC(=O)C(=O)N1. The summed E-state index contributed by atoms with van der Waals surface area (Å²) in [6.07, 6.45) is 0. The Labute approximate surface area is 205 Å². The number of hydrogen-bond donors (Lipinski definition) is 1. The van der Waals surface area contributed by atoms with E-state index in [0.717, 1.165) is 0 Å². The monoisotopic (exact) mass is 511 g/mol. The Morgan fingerprint density at radius 2 is 1.82 bits per heavy atom. The van der Waals surface area contributed by atoms with Gasteiger partial charge in [0.25, 0.3) is 11.7 Å². The maximum Gasteiger partial charge on any atom is 0.339 e. The smallest absolute Gasteiger partial charge is 0.339 e. The van der Waals surface area contributed by atoms with E-state index >= 15 is 0 Å². The molecule has 0 saturated carbocycles. The number of methoxy groups -OCH3 is 2. The number of cyclic esters (lactones) is 1. The molecular formula is C23H33NO8SSi. The van der Waals surface area contributed by atoms with Gasteiger partial charge in [-0.25, -0.2) is 9.59 Å². The van der Waals surface area contributed by atoms with Crippen LogP contribution in [-0.2, 0) is 29.6 Å². The van der Waals surface area contributed by atoms with Gasteiger partial charge in [0.05, 0.1) is 19.8 Å². The van der Waals surface area contributed by atoms with Gasteiger partial charge in [0.15, 0.2) is 6.61 Å². The summed E-state index contributed by atoms with van der Waals surface area (Å²) in [4.78, 5) is 49.7. The van der Waals surface area contributed by atoms with E-state index in [1.165, 1.54) is 26.0 Å². The zero-order valence-electron chi connectivity index (χ0n) is 21.0. The predicted molar refractivity (Wildman–Crippen MR) is 131 cm³/mol. The van der Waals surface area contributed by atoms with Crippen molar-refractivity contribution in [1.82, 2.24) is 5.32 Å². The van der Waals surface area contributed by atoms with Gasteiger partial charge in [-0.1, -0.05) is 20.8 Å². The summed E-state index contributed by atoms with van der Waals surface area (Å²) in [6, 6.07) is 0.730. The van der Waals surface area contributed by atoms with Crippen LogP contribution < -0.4 is 14.5 Å². The summed E-state index contributed by atoms with van der Waals surface area (Å²) in [6.45, 7) is 11.5. The minimum absolute atomic E-state index is 0.107. The quantitative estimate of drug-likeness (QED) is 0.370. The highest BCUT2D eigenvalue weighted by Gasteiger charge is 2.40. The number of ketones is 1. The van der Waals surface area contributed by atoms with Crippen LogP contribution in [0.3, 0.4) is 0 Å². The van der Waals surface area contributed by atoms with Gasteiger partial charge in [-0.2, -0.15) is 11.8 Å². The molecular weight excluding hydrogens is 478 g/mol. The first-order chi connectivity index (χ1) is 15.7. The average Bonchev–Trinajstić information content (AvgIpc) is 2.75.